The van der Waals surface area contributed by atoms with Crippen LogP contribution in [0.1, 0.15) is 33.1 Å². The highest BCUT2D eigenvalue weighted by Gasteiger charge is 2.37. The highest BCUT2D eigenvalue weighted by atomic mass is 16.5. The quantitative estimate of drug-likeness (QED) is 0.726. The van der Waals surface area contributed by atoms with Gasteiger partial charge >= 0.3 is 0 Å². The van der Waals surface area contributed by atoms with Gasteiger partial charge in [-0.25, -0.2) is 0 Å². The normalized spacial score (nSPS) is 40.6. The molecule has 1 fully saturated rings. The van der Waals surface area contributed by atoms with E-state index in [-0.39, 0.29) is 5.60 Å². The van der Waals surface area contributed by atoms with Gasteiger partial charge in [-0.1, -0.05) is 13.8 Å². The molecule has 3 atom stereocenters. The van der Waals surface area contributed by atoms with Gasteiger partial charge in [-0.2, -0.15) is 0 Å². The van der Waals surface area contributed by atoms with Crippen molar-refractivity contribution in [3.05, 3.63) is 0 Å². The molecule has 1 N–H and O–H groups in total. The van der Waals surface area contributed by atoms with E-state index in [0.717, 1.165) is 18.4 Å². The van der Waals surface area contributed by atoms with Crippen molar-refractivity contribution in [3.63, 3.8) is 0 Å². The fourth-order valence-electron chi connectivity index (χ4n) is 2.41. The maximum absolute atomic E-state index is 5.68. The van der Waals surface area contributed by atoms with Gasteiger partial charge in [0, 0.05) is 13.7 Å². The summed E-state index contributed by atoms with van der Waals surface area (Å²) in [6, 6.07) is 0. The molecule has 1 aliphatic carbocycles. The first kappa shape index (κ1) is 11.0. The Labute approximate surface area is 82.0 Å². The lowest BCUT2D eigenvalue weighted by atomic mass is 9.73. The van der Waals surface area contributed by atoms with Crippen LogP contribution in [0.2, 0.25) is 0 Å². The van der Waals surface area contributed by atoms with E-state index in [0.29, 0.717) is 0 Å². The molecule has 1 saturated carbocycles. The topological polar surface area (TPSA) is 21.3 Å². The van der Waals surface area contributed by atoms with Gasteiger partial charge in [0.2, 0.25) is 0 Å². The number of likely N-dealkylation sites (N-methyl/N-ethyl adjacent to an activating group) is 1. The highest BCUT2D eigenvalue weighted by molar-refractivity contribution is 4.90. The summed E-state index contributed by atoms with van der Waals surface area (Å²) in [5, 5.41) is 3.24. The number of methoxy groups -OCH3 is 1. The Morgan fingerprint density at radius 3 is 2.54 bits per heavy atom. The molecule has 0 heterocycles. The molecule has 0 amide bonds. The van der Waals surface area contributed by atoms with E-state index < -0.39 is 0 Å². The van der Waals surface area contributed by atoms with Crippen molar-refractivity contribution in [2.75, 3.05) is 20.7 Å². The molecule has 1 aliphatic rings. The van der Waals surface area contributed by atoms with Crippen molar-refractivity contribution in [1.82, 2.24) is 5.32 Å². The Morgan fingerprint density at radius 2 is 2.08 bits per heavy atom. The Kier molecular flexibility index (Phi) is 3.74. The molecule has 0 aliphatic heterocycles. The fourth-order valence-corrected chi connectivity index (χ4v) is 2.41. The van der Waals surface area contributed by atoms with Crippen LogP contribution in [-0.4, -0.2) is 26.3 Å². The van der Waals surface area contributed by atoms with Gasteiger partial charge in [0.05, 0.1) is 5.60 Å². The summed E-state index contributed by atoms with van der Waals surface area (Å²) in [6.07, 6.45) is 3.71. The zero-order valence-electron chi connectivity index (χ0n) is 9.39. The monoisotopic (exact) mass is 185 g/mol. The second kappa shape index (κ2) is 4.43. The molecule has 13 heavy (non-hydrogen) atoms. The highest BCUT2D eigenvalue weighted by Crippen LogP contribution is 2.37. The predicted octanol–water partition coefficient (Wildman–Crippen LogP) is 2.05. The Morgan fingerprint density at radius 1 is 1.38 bits per heavy atom. The van der Waals surface area contributed by atoms with Crippen LogP contribution in [0.15, 0.2) is 0 Å². The third kappa shape index (κ3) is 2.44. The average Bonchev–Trinajstić information content (AvgIpc) is 2.12. The summed E-state index contributed by atoms with van der Waals surface area (Å²) in [6.45, 7) is 5.68. The van der Waals surface area contributed by atoms with E-state index in [1.165, 1.54) is 19.3 Å². The first-order valence-electron chi connectivity index (χ1n) is 5.33. The first-order valence-corrected chi connectivity index (χ1v) is 5.33. The van der Waals surface area contributed by atoms with E-state index in [2.05, 4.69) is 19.2 Å². The summed E-state index contributed by atoms with van der Waals surface area (Å²) in [5.74, 6) is 1.65. The largest absolute Gasteiger partial charge is 0.377 e. The zero-order chi connectivity index (χ0) is 9.90. The molecule has 0 aromatic rings. The average molecular weight is 185 g/mol. The number of nitrogens with one attached hydrogen (secondary N) is 1. The third-order valence-electron chi connectivity index (χ3n) is 3.65. The predicted molar refractivity (Wildman–Crippen MR) is 55.8 cm³/mol. The molecular weight excluding hydrogens is 162 g/mol. The minimum Gasteiger partial charge on any atom is -0.377 e. The van der Waals surface area contributed by atoms with Crippen LogP contribution < -0.4 is 5.32 Å². The Balaban J connectivity index is 2.57. The second-order valence-corrected chi connectivity index (χ2v) is 4.61. The molecule has 2 heteroatoms. The van der Waals surface area contributed by atoms with Gasteiger partial charge in [-0.05, 0) is 38.1 Å². The van der Waals surface area contributed by atoms with Gasteiger partial charge in [0.15, 0.2) is 0 Å². The molecule has 0 radical (unpaired) electrons. The maximum atomic E-state index is 5.68. The second-order valence-electron chi connectivity index (χ2n) is 4.61. The van der Waals surface area contributed by atoms with Crippen LogP contribution >= 0.6 is 0 Å². The lowest BCUT2D eigenvalue weighted by Crippen LogP contribution is -2.46. The molecular formula is C11H23NO. The summed E-state index contributed by atoms with van der Waals surface area (Å²) in [5.41, 5.74) is 0.112. The molecule has 3 unspecified atom stereocenters. The van der Waals surface area contributed by atoms with Crippen LogP contribution in [0.25, 0.3) is 0 Å². The zero-order valence-corrected chi connectivity index (χ0v) is 9.39. The summed E-state index contributed by atoms with van der Waals surface area (Å²) in [4.78, 5) is 0. The van der Waals surface area contributed by atoms with Gasteiger partial charge in [-0.15, -0.1) is 0 Å². The van der Waals surface area contributed by atoms with E-state index in [1.54, 1.807) is 0 Å². The van der Waals surface area contributed by atoms with Crippen molar-refractivity contribution in [3.8, 4) is 0 Å². The third-order valence-corrected chi connectivity index (χ3v) is 3.65. The van der Waals surface area contributed by atoms with Crippen LogP contribution in [0.3, 0.4) is 0 Å². The molecule has 0 spiro atoms. The summed E-state index contributed by atoms with van der Waals surface area (Å²) < 4.78 is 5.68. The SMILES string of the molecule is CNCC1(OC)CCC(C)C(C)C1. The van der Waals surface area contributed by atoms with E-state index in [1.807, 2.05) is 14.2 Å². The number of hydrogen-bond donors (Lipinski definition) is 1. The minimum atomic E-state index is 0.112. The molecule has 2 nitrogen and oxygen atoms in total. The molecule has 0 saturated heterocycles. The molecule has 78 valence electrons. The van der Waals surface area contributed by atoms with Gasteiger partial charge in [-0.3, -0.25) is 0 Å². The van der Waals surface area contributed by atoms with Crippen molar-refractivity contribution in [1.29, 1.82) is 0 Å². The molecule has 0 aromatic heterocycles. The van der Waals surface area contributed by atoms with Crippen molar-refractivity contribution < 1.29 is 4.74 Å². The molecule has 1 rings (SSSR count). The van der Waals surface area contributed by atoms with E-state index in [9.17, 15) is 0 Å². The van der Waals surface area contributed by atoms with Gasteiger partial charge < -0.3 is 10.1 Å². The Bertz CT molecular complexity index is 160. The standard InChI is InChI=1S/C11H23NO/c1-9-5-6-11(13-4,8-12-3)7-10(9)2/h9-10,12H,5-8H2,1-4H3. The number of ether oxygens (including phenoxy) is 1. The lowest BCUT2D eigenvalue weighted by Gasteiger charge is -2.41. The number of rotatable bonds is 3. The van der Waals surface area contributed by atoms with Crippen LogP contribution in [0.5, 0.6) is 0 Å². The van der Waals surface area contributed by atoms with Crippen LogP contribution in [0, 0.1) is 11.8 Å². The van der Waals surface area contributed by atoms with E-state index >= 15 is 0 Å². The summed E-state index contributed by atoms with van der Waals surface area (Å²) >= 11 is 0. The minimum absolute atomic E-state index is 0.112. The smallest absolute Gasteiger partial charge is 0.0805 e. The summed E-state index contributed by atoms with van der Waals surface area (Å²) in [7, 11) is 3.85. The fraction of sp³-hybridized carbons (Fsp3) is 1.00. The van der Waals surface area contributed by atoms with Crippen molar-refractivity contribution in [2.45, 2.75) is 38.7 Å². The van der Waals surface area contributed by atoms with Gasteiger partial charge in [0.1, 0.15) is 0 Å². The van der Waals surface area contributed by atoms with Crippen LogP contribution in [0.4, 0.5) is 0 Å². The number of hydrogen-bond acceptors (Lipinski definition) is 2. The van der Waals surface area contributed by atoms with Crippen LogP contribution in [-0.2, 0) is 4.74 Å². The maximum Gasteiger partial charge on any atom is 0.0805 e. The lowest BCUT2D eigenvalue weighted by molar-refractivity contribution is -0.0612. The van der Waals surface area contributed by atoms with E-state index in [4.69, 9.17) is 4.74 Å². The molecule has 0 aromatic carbocycles. The Hall–Kier alpha value is -0.0800. The van der Waals surface area contributed by atoms with Crippen molar-refractivity contribution >= 4 is 0 Å². The first-order chi connectivity index (χ1) is 6.13. The van der Waals surface area contributed by atoms with Gasteiger partial charge in [0.25, 0.3) is 0 Å². The van der Waals surface area contributed by atoms with Crippen molar-refractivity contribution in [2.24, 2.45) is 11.8 Å². The molecule has 0 bridgehead atoms.